The molecule has 0 saturated carbocycles. The monoisotopic (exact) mass is 187 g/mol. The molecule has 0 radical (unpaired) electrons. The number of hydrogen-bond donors (Lipinski definition) is 2. The molecule has 3 nitrogen and oxygen atoms in total. The summed E-state index contributed by atoms with van der Waals surface area (Å²) in [4.78, 5) is 10.4. The number of nitrogens with two attached hydrogens (primary N) is 1. The van der Waals surface area contributed by atoms with Crippen LogP contribution in [0.5, 0.6) is 0 Å². The number of aliphatic hydroxyl groups excluding tert-OH is 1. The maximum atomic E-state index is 12.5. The SMILES string of the molecule is NC(=O)C(O)c1cc(F)cc(F)c1. The predicted molar refractivity (Wildman–Crippen MR) is 40.5 cm³/mol. The average molecular weight is 187 g/mol. The summed E-state index contributed by atoms with van der Waals surface area (Å²) in [6.45, 7) is 0. The summed E-state index contributed by atoms with van der Waals surface area (Å²) < 4.78 is 25.1. The Labute approximate surface area is 72.8 Å². The average Bonchev–Trinajstić information content (AvgIpc) is 2.01. The Morgan fingerprint density at radius 3 is 2.15 bits per heavy atom. The molecule has 1 aromatic carbocycles. The third kappa shape index (κ3) is 2.22. The second-order valence-corrected chi connectivity index (χ2v) is 2.51. The number of carbonyl (C=O) groups excluding carboxylic acids is 1. The molecule has 0 aliphatic carbocycles. The van der Waals surface area contributed by atoms with Crippen molar-refractivity contribution in [3.8, 4) is 0 Å². The summed E-state index contributed by atoms with van der Waals surface area (Å²) in [5, 5.41) is 9.04. The fourth-order valence-corrected chi connectivity index (χ4v) is 0.897. The van der Waals surface area contributed by atoms with Crippen LogP contribution in [0, 0.1) is 11.6 Å². The third-order valence-electron chi connectivity index (χ3n) is 1.47. The van der Waals surface area contributed by atoms with E-state index in [0.29, 0.717) is 6.07 Å². The lowest BCUT2D eigenvalue weighted by molar-refractivity contribution is -0.126. The Hall–Kier alpha value is -1.49. The van der Waals surface area contributed by atoms with Crippen LogP contribution in [0.2, 0.25) is 0 Å². The van der Waals surface area contributed by atoms with Gasteiger partial charge in [-0.1, -0.05) is 0 Å². The van der Waals surface area contributed by atoms with E-state index < -0.39 is 23.6 Å². The number of aliphatic hydroxyl groups is 1. The Balaban J connectivity index is 3.07. The summed E-state index contributed by atoms with van der Waals surface area (Å²) >= 11 is 0. The van der Waals surface area contributed by atoms with Gasteiger partial charge < -0.3 is 10.8 Å². The highest BCUT2D eigenvalue weighted by Crippen LogP contribution is 2.15. The summed E-state index contributed by atoms with van der Waals surface area (Å²) in [6, 6.07) is 2.33. The zero-order valence-corrected chi connectivity index (χ0v) is 6.50. The molecule has 0 fully saturated rings. The first kappa shape index (κ1) is 9.60. The van der Waals surface area contributed by atoms with Gasteiger partial charge in [-0.2, -0.15) is 0 Å². The summed E-state index contributed by atoms with van der Waals surface area (Å²) in [7, 11) is 0. The number of amides is 1. The van der Waals surface area contributed by atoms with E-state index in [1.54, 1.807) is 0 Å². The molecule has 1 rings (SSSR count). The predicted octanol–water partition coefficient (Wildman–Crippen LogP) is 0.484. The van der Waals surface area contributed by atoms with Gasteiger partial charge in [0.15, 0.2) is 6.10 Å². The first-order valence-electron chi connectivity index (χ1n) is 3.44. The van der Waals surface area contributed by atoms with Crippen LogP contribution in [-0.4, -0.2) is 11.0 Å². The lowest BCUT2D eigenvalue weighted by Gasteiger charge is -2.06. The zero-order chi connectivity index (χ0) is 10.0. The summed E-state index contributed by atoms with van der Waals surface area (Å²) in [6.07, 6.45) is -1.68. The number of primary amides is 1. The van der Waals surface area contributed by atoms with Crippen LogP contribution in [0.25, 0.3) is 0 Å². The lowest BCUT2D eigenvalue weighted by Crippen LogP contribution is -2.21. The van der Waals surface area contributed by atoms with E-state index in [0.717, 1.165) is 12.1 Å². The van der Waals surface area contributed by atoms with Gasteiger partial charge in [0.05, 0.1) is 0 Å². The maximum absolute atomic E-state index is 12.5. The van der Waals surface area contributed by atoms with Gasteiger partial charge in [-0.3, -0.25) is 4.79 Å². The highest BCUT2D eigenvalue weighted by atomic mass is 19.1. The van der Waals surface area contributed by atoms with Crippen LogP contribution in [0.1, 0.15) is 11.7 Å². The van der Waals surface area contributed by atoms with Gasteiger partial charge in [-0.25, -0.2) is 8.78 Å². The fraction of sp³-hybridized carbons (Fsp3) is 0.125. The molecule has 70 valence electrons. The minimum Gasteiger partial charge on any atom is -0.378 e. The second-order valence-electron chi connectivity index (χ2n) is 2.51. The Kier molecular flexibility index (Phi) is 2.57. The van der Waals surface area contributed by atoms with Crippen LogP contribution in [0.3, 0.4) is 0 Å². The van der Waals surface area contributed by atoms with Crippen LogP contribution >= 0.6 is 0 Å². The van der Waals surface area contributed by atoms with Gasteiger partial charge in [-0.05, 0) is 17.7 Å². The molecule has 5 heteroatoms. The highest BCUT2D eigenvalue weighted by molar-refractivity contribution is 5.80. The number of rotatable bonds is 2. The summed E-state index contributed by atoms with van der Waals surface area (Å²) in [5.41, 5.74) is 4.54. The summed E-state index contributed by atoms with van der Waals surface area (Å²) in [5.74, 6) is -2.78. The van der Waals surface area contributed by atoms with Crippen molar-refractivity contribution in [3.05, 3.63) is 35.4 Å². The molecular weight excluding hydrogens is 180 g/mol. The van der Waals surface area contributed by atoms with Crippen LogP contribution < -0.4 is 5.73 Å². The smallest absolute Gasteiger partial charge is 0.250 e. The molecule has 0 spiro atoms. The first-order valence-corrected chi connectivity index (χ1v) is 3.44. The number of halogens is 2. The molecule has 13 heavy (non-hydrogen) atoms. The molecule has 0 bridgehead atoms. The molecule has 0 aliphatic rings. The van der Waals surface area contributed by atoms with Crippen LogP contribution in [0.4, 0.5) is 8.78 Å². The quantitative estimate of drug-likeness (QED) is 0.707. The van der Waals surface area contributed by atoms with Gasteiger partial charge in [-0.15, -0.1) is 0 Å². The maximum Gasteiger partial charge on any atom is 0.250 e. The normalized spacial score (nSPS) is 12.5. The van der Waals surface area contributed by atoms with Crippen molar-refractivity contribution in [1.82, 2.24) is 0 Å². The van der Waals surface area contributed by atoms with E-state index in [1.165, 1.54) is 0 Å². The first-order chi connectivity index (χ1) is 6.00. The lowest BCUT2D eigenvalue weighted by atomic mass is 10.1. The molecule has 1 aromatic rings. The fourth-order valence-electron chi connectivity index (χ4n) is 0.897. The minimum absolute atomic E-state index is 0.190. The molecule has 1 unspecified atom stereocenters. The molecular formula is C8H7F2NO2. The second kappa shape index (κ2) is 3.49. The van der Waals surface area contributed by atoms with Crippen LogP contribution in [0.15, 0.2) is 18.2 Å². The molecule has 0 aliphatic heterocycles. The molecule has 0 heterocycles. The van der Waals surface area contributed by atoms with E-state index in [-0.39, 0.29) is 5.56 Å². The van der Waals surface area contributed by atoms with Crippen molar-refractivity contribution in [2.45, 2.75) is 6.10 Å². The number of carbonyl (C=O) groups is 1. The van der Waals surface area contributed by atoms with Gasteiger partial charge >= 0.3 is 0 Å². The van der Waals surface area contributed by atoms with Crippen molar-refractivity contribution < 1.29 is 18.7 Å². The standard InChI is InChI=1S/C8H7F2NO2/c9-5-1-4(2-6(10)3-5)7(12)8(11)13/h1-3,7,12H,(H2,11,13). The van der Waals surface area contributed by atoms with E-state index in [2.05, 4.69) is 0 Å². The third-order valence-corrected chi connectivity index (χ3v) is 1.47. The Morgan fingerprint density at radius 1 is 1.31 bits per heavy atom. The molecule has 1 amide bonds. The van der Waals surface area contributed by atoms with Gasteiger partial charge in [0.1, 0.15) is 11.6 Å². The molecule has 3 N–H and O–H groups in total. The zero-order valence-electron chi connectivity index (χ0n) is 6.50. The minimum atomic E-state index is -1.68. The van der Waals surface area contributed by atoms with Gasteiger partial charge in [0.25, 0.3) is 5.91 Å². The molecule has 0 aromatic heterocycles. The van der Waals surface area contributed by atoms with Gasteiger partial charge in [0, 0.05) is 6.07 Å². The topological polar surface area (TPSA) is 63.3 Å². The largest absolute Gasteiger partial charge is 0.378 e. The van der Waals surface area contributed by atoms with Crippen LogP contribution in [-0.2, 0) is 4.79 Å². The highest BCUT2D eigenvalue weighted by Gasteiger charge is 2.15. The van der Waals surface area contributed by atoms with Crippen molar-refractivity contribution in [2.24, 2.45) is 5.73 Å². The van der Waals surface area contributed by atoms with E-state index in [4.69, 9.17) is 10.8 Å². The Morgan fingerprint density at radius 2 is 1.77 bits per heavy atom. The Bertz CT molecular complexity index is 321. The van der Waals surface area contributed by atoms with Crippen molar-refractivity contribution >= 4 is 5.91 Å². The van der Waals surface area contributed by atoms with Crippen molar-refractivity contribution in [1.29, 1.82) is 0 Å². The van der Waals surface area contributed by atoms with E-state index >= 15 is 0 Å². The van der Waals surface area contributed by atoms with E-state index in [9.17, 15) is 13.6 Å². The molecule has 1 atom stereocenters. The molecule has 0 saturated heterocycles. The number of hydrogen-bond acceptors (Lipinski definition) is 2. The van der Waals surface area contributed by atoms with E-state index in [1.807, 2.05) is 0 Å². The van der Waals surface area contributed by atoms with Gasteiger partial charge in [0.2, 0.25) is 0 Å². The van der Waals surface area contributed by atoms with Crippen molar-refractivity contribution in [2.75, 3.05) is 0 Å². The number of benzene rings is 1. The van der Waals surface area contributed by atoms with Crippen molar-refractivity contribution in [3.63, 3.8) is 0 Å².